The largest absolute Gasteiger partial charge is 0.286 e. The van der Waals surface area contributed by atoms with Crippen LogP contribution in [0.4, 0.5) is 0 Å². The first-order valence-electron chi connectivity index (χ1n) is 5.99. The van der Waals surface area contributed by atoms with Crippen molar-refractivity contribution in [1.82, 2.24) is 5.06 Å². The lowest BCUT2D eigenvalue weighted by Gasteiger charge is -2.29. The molecular weight excluding hydrogens is 282 g/mol. The summed E-state index contributed by atoms with van der Waals surface area (Å²) in [6.45, 7) is 0. The molecule has 0 atom stereocenters. The molecule has 1 aromatic carbocycles. The highest BCUT2D eigenvalue weighted by molar-refractivity contribution is 7.85. The fraction of sp³-hybridized carbons (Fsp3) is 0.231. The number of hydrogen-bond acceptors (Lipinski definition) is 5. The Balaban J connectivity index is 2.18. The number of nitrogens with zero attached hydrogens (tertiary/aromatic N) is 1. The van der Waals surface area contributed by atoms with E-state index >= 15 is 0 Å². The highest BCUT2D eigenvalue weighted by Crippen LogP contribution is 2.35. The average molecular weight is 293 g/mol. The molecule has 2 aliphatic rings. The van der Waals surface area contributed by atoms with Crippen LogP contribution in [0, 0.1) is 0 Å². The molecule has 0 fully saturated rings. The molecule has 0 saturated carbocycles. The Morgan fingerprint density at radius 1 is 1.20 bits per heavy atom. The number of carbonyl (C=O) groups excluding carboxylic acids is 2. The second-order valence-electron chi connectivity index (χ2n) is 4.68. The van der Waals surface area contributed by atoms with E-state index in [-0.39, 0.29) is 5.56 Å². The van der Waals surface area contributed by atoms with Crippen molar-refractivity contribution in [2.75, 3.05) is 6.26 Å². The Bertz CT molecular complexity index is 763. The van der Waals surface area contributed by atoms with Gasteiger partial charge in [-0.1, -0.05) is 18.2 Å². The van der Waals surface area contributed by atoms with Crippen molar-refractivity contribution >= 4 is 27.5 Å². The van der Waals surface area contributed by atoms with Gasteiger partial charge in [0.2, 0.25) is 0 Å². The van der Waals surface area contributed by atoms with Gasteiger partial charge in [-0.05, 0) is 24.5 Å². The van der Waals surface area contributed by atoms with Crippen molar-refractivity contribution in [3.05, 3.63) is 41.0 Å². The van der Waals surface area contributed by atoms with E-state index in [0.29, 0.717) is 22.6 Å². The summed E-state index contributed by atoms with van der Waals surface area (Å²) in [7, 11) is -3.96. The van der Waals surface area contributed by atoms with Crippen LogP contribution in [-0.4, -0.2) is 31.6 Å². The molecule has 0 bridgehead atoms. The standard InChI is InChI=1S/C13H11NO5S/c1-20(17,18)19-14-12(15)9-6-2-4-8-5-3-7-10(11(8)9)13(14)16/h2,4,6-7H,3,5H2,1H3. The summed E-state index contributed by atoms with van der Waals surface area (Å²) in [5.41, 5.74) is 2.13. The van der Waals surface area contributed by atoms with Crippen LogP contribution in [-0.2, 0) is 25.6 Å². The number of hydrogen-bond donors (Lipinski definition) is 0. The first-order valence-corrected chi connectivity index (χ1v) is 7.81. The summed E-state index contributed by atoms with van der Waals surface area (Å²) < 4.78 is 26.9. The maximum Gasteiger partial charge on any atom is 0.286 e. The predicted octanol–water partition coefficient (Wildman–Crippen LogP) is 0.890. The lowest BCUT2D eigenvalue weighted by Crippen LogP contribution is -2.43. The van der Waals surface area contributed by atoms with Crippen molar-refractivity contribution < 1.29 is 22.3 Å². The molecule has 0 aromatic heterocycles. The number of amides is 2. The minimum Gasteiger partial charge on any atom is -0.266 e. The van der Waals surface area contributed by atoms with Crippen LogP contribution in [0.25, 0.3) is 5.57 Å². The van der Waals surface area contributed by atoms with Crippen LogP contribution in [0.15, 0.2) is 24.3 Å². The van der Waals surface area contributed by atoms with Gasteiger partial charge >= 0.3 is 0 Å². The van der Waals surface area contributed by atoms with Gasteiger partial charge in [-0.2, -0.15) is 8.42 Å². The summed E-state index contributed by atoms with van der Waals surface area (Å²) in [6.07, 6.45) is 3.91. The Morgan fingerprint density at radius 2 is 1.95 bits per heavy atom. The lowest BCUT2D eigenvalue weighted by atomic mass is 9.84. The molecule has 1 aliphatic carbocycles. The number of aryl methyl sites for hydroxylation is 1. The van der Waals surface area contributed by atoms with Gasteiger partial charge in [-0.15, -0.1) is 9.35 Å². The van der Waals surface area contributed by atoms with E-state index in [1.807, 2.05) is 6.07 Å². The molecule has 104 valence electrons. The van der Waals surface area contributed by atoms with Gasteiger partial charge in [0.15, 0.2) is 0 Å². The third-order valence-electron chi connectivity index (χ3n) is 3.22. The molecule has 2 amide bonds. The molecule has 0 N–H and O–H groups in total. The van der Waals surface area contributed by atoms with Crippen molar-refractivity contribution in [3.63, 3.8) is 0 Å². The zero-order valence-corrected chi connectivity index (χ0v) is 11.4. The van der Waals surface area contributed by atoms with Gasteiger partial charge < -0.3 is 0 Å². The highest BCUT2D eigenvalue weighted by Gasteiger charge is 2.39. The van der Waals surface area contributed by atoms with Crippen LogP contribution in [0.5, 0.6) is 0 Å². The summed E-state index contributed by atoms with van der Waals surface area (Å²) in [5.74, 6) is -1.49. The van der Waals surface area contributed by atoms with Crippen molar-refractivity contribution in [3.8, 4) is 0 Å². The monoisotopic (exact) mass is 293 g/mol. The zero-order valence-electron chi connectivity index (χ0n) is 10.6. The van der Waals surface area contributed by atoms with Crippen LogP contribution in [0.3, 0.4) is 0 Å². The summed E-state index contributed by atoms with van der Waals surface area (Å²) in [6, 6.07) is 5.13. The molecule has 0 unspecified atom stereocenters. The maximum absolute atomic E-state index is 12.2. The van der Waals surface area contributed by atoms with Crippen LogP contribution < -0.4 is 0 Å². The first-order chi connectivity index (χ1) is 9.38. The molecule has 7 heteroatoms. The van der Waals surface area contributed by atoms with Crippen LogP contribution in [0.2, 0.25) is 0 Å². The second-order valence-corrected chi connectivity index (χ2v) is 6.24. The SMILES string of the molecule is CS(=O)(=O)ON1C(=O)C2=CCCc3cccc(c32)C1=O. The van der Waals surface area contributed by atoms with Gasteiger partial charge in [-0.3, -0.25) is 9.59 Å². The third-order valence-corrected chi connectivity index (χ3v) is 3.64. The highest BCUT2D eigenvalue weighted by atomic mass is 32.2. The van der Waals surface area contributed by atoms with Crippen molar-refractivity contribution in [2.45, 2.75) is 12.8 Å². The molecule has 0 saturated heterocycles. The van der Waals surface area contributed by atoms with E-state index in [0.717, 1.165) is 18.2 Å². The lowest BCUT2D eigenvalue weighted by molar-refractivity contribution is -0.141. The fourth-order valence-electron chi connectivity index (χ4n) is 2.49. The number of rotatable bonds is 2. The molecule has 0 radical (unpaired) electrons. The van der Waals surface area contributed by atoms with Crippen molar-refractivity contribution in [1.29, 1.82) is 0 Å². The molecule has 20 heavy (non-hydrogen) atoms. The van der Waals surface area contributed by atoms with Gasteiger partial charge in [0, 0.05) is 11.1 Å². The Hall–Kier alpha value is -1.99. The van der Waals surface area contributed by atoms with Crippen LogP contribution >= 0.6 is 0 Å². The van der Waals surface area contributed by atoms with Crippen molar-refractivity contribution in [2.24, 2.45) is 0 Å². The van der Waals surface area contributed by atoms with Crippen LogP contribution in [0.1, 0.15) is 27.9 Å². The van der Waals surface area contributed by atoms with E-state index in [1.165, 1.54) is 0 Å². The molecule has 0 spiro atoms. The van der Waals surface area contributed by atoms with Gasteiger partial charge in [0.25, 0.3) is 21.9 Å². The number of hydroxylamine groups is 2. The zero-order chi connectivity index (χ0) is 14.5. The topological polar surface area (TPSA) is 80.8 Å². The van der Waals surface area contributed by atoms with E-state index in [2.05, 4.69) is 4.28 Å². The molecule has 3 rings (SSSR count). The van der Waals surface area contributed by atoms with Gasteiger partial charge in [-0.25, -0.2) is 0 Å². The Labute approximate surface area is 115 Å². The number of benzene rings is 1. The minimum absolute atomic E-state index is 0.289. The normalized spacial score (nSPS) is 17.9. The summed E-state index contributed by atoms with van der Waals surface area (Å²) in [5, 5.41) is 0.318. The van der Waals surface area contributed by atoms with E-state index in [4.69, 9.17) is 0 Å². The third kappa shape index (κ3) is 1.95. The predicted molar refractivity (Wildman–Crippen MR) is 69.8 cm³/mol. The minimum atomic E-state index is -3.96. The smallest absolute Gasteiger partial charge is 0.266 e. The maximum atomic E-state index is 12.2. The van der Waals surface area contributed by atoms with E-state index in [1.54, 1.807) is 18.2 Å². The quantitative estimate of drug-likeness (QED) is 0.756. The van der Waals surface area contributed by atoms with Gasteiger partial charge in [0.1, 0.15) is 0 Å². The van der Waals surface area contributed by atoms with E-state index in [9.17, 15) is 18.0 Å². The van der Waals surface area contributed by atoms with Gasteiger partial charge in [0.05, 0.1) is 11.8 Å². The Kier molecular flexibility index (Phi) is 2.77. The fourth-order valence-corrected chi connectivity index (χ4v) is 2.89. The Morgan fingerprint density at radius 3 is 2.65 bits per heavy atom. The average Bonchev–Trinajstić information content (AvgIpc) is 2.39. The number of allylic oxidation sites excluding steroid dienone is 1. The number of imide groups is 1. The molecule has 6 nitrogen and oxygen atoms in total. The molecule has 1 heterocycles. The first kappa shape index (κ1) is 13.0. The van der Waals surface area contributed by atoms with E-state index < -0.39 is 21.9 Å². The number of carbonyl (C=O) groups is 2. The summed E-state index contributed by atoms with van der Waals surface area (Å²) in [4.78, 5) is 24.5. The molecule has 1 aliphatic heterocycles. The summed E-state index contributed by atoms with van der Waals surface area (Å²) >= 11 is 0. The second kappa shape index (κ2) is 4.26. The molecule has 1 aromatic rings. The molecular formula is C13H11NO5S.